The molecule has 0 aliphatic carbocycles. The summed E-state index contributed by atoms with van der Waals surface area (Å²) in [7, 11) is -9.83. The van der Waals surface area contributed by atoms with Crippen LogP contribution in [-0.4, -0.2) is 109 Å². The van der Waals surface area contributed by atoms with Crippen molar-refractivity contribution in [3.8, 4) is 0 Å². The molecule has 2 aliphatic rings. The highest BCUT2D eigenvalue weighted by Gasteiger charge is 2.35. The number of benzene rings is 4. The van der Waals surface area contributed by atoms with E-state index in [-0.39, 0.29) is 34.4 Å². The van der Waals surface area contributed by atoms with Crippen molar-refractivity contribution >= 4 is 102 Å². The fourth-order valence-electron chi connectivity index (χ4n) is 6.75. The van der Waals surface area contributed by atoms with Crippen LogP contribution in [-0.2, 0) is 20.2 Å². The molecule has 2 heterocycles. The Kier molecular flexibility index (Phi) is 15.0. The van der Waals surface area contributed by atoms with Crippen molar-refractivity contribution in [3.05, 3.63) is 106 Å². The van der Waals surface area contributed by atoms with Gasteiger partial charge in [0.05, 0.1) is 0 Å². The van der Waals surface area contributed by atoms with Crippen LogP contribution in [0.4, 0.5) is 32.3 Å². The highest BCUT2D eigenvalue weighted by Crippen LogP contribution is 2.29. The predicted octanol–water partition coefficient (Wildman–Crippen LogP) is 6.55. The summed E-state index contributed by atoms with van der Waals surface area (Å²) in [5.74, 6) is 0.152. The highest BCUT2D eigenvalue weighted by molar-refractivity contribution is 7.86. The van der Waals surface area contributed by atoms with Gasteiger partial charge in [0.15, 0.2) is 0 Å². The second-order valence-corrected chi connectivity index (χ2v) is 17.5. The molecular formula is C40H46Cl2N12O8S2. The lowest BCUT2D eigenvalue weighted by molar-refractivity contribution is -0.00279. The average Bonchev–Trinajstić information content (AvgIpc) is 3.22. The molecule has 0 radical (unpaired) electrons. The number of hydrogen-bond donors (Lipinski definition) is 8. The van der Waals surface area contributed by atoms with Gasteiger partial charge in [0.1, 0.15) is 9.79 Å². The second kappa shape index (κ2) is 20.2. The molecule has 4 aromatic carbocycles. The van der Waals surface area contributed by atoms with E-state index in [9.17, 15) is 35.5 Å². The summed E-state index contributed by atoms with van der Waals surface area (Å²) in [5.41, 5.74) is 1.27. The van der Waals surface area contributed by atoms with Crippen molar-refractivity contribution in [1.29, 1.82) is 0 Å². The van der Waals surface area contributed by atoms with Gasteiger partial charge in [-0.1, -0.05) is 87.3 Å². The minimum atomic E-state index is -4.91. The first-order chi connectivity index (χ1) is 30.4. The normalized spacial score (nSPS) is 17.0. The molecule has 0 aromatic heterocycles. The monoisotopic (exact) mass is 956 g/mol. The molecule has 0 spiro atoms. The Hall–Kier alpha value is -5.98. The van der Waals surface area contributed by atoms with Gasteiger partial charge in [-0.15, -0.1) is 0 Å². The van der Waals surface area contributed by atoms with E-state index in [0.717, 1.165) is 12.1 Å². The molecule has 2 aliphatic heterocycles. The Morgan fingerprint density at radius 2 is 0.984 bits per heavy atom. The molecule has 8 N–H and O–H groups in total. The van der Waals surface area contributed by atoms with Crippen molar-refractivity contribution in [2.75, 3.05) is 47.4 Å². The molecule has 4 amide bonds. The highest BCUT2D eigenvalue weighted by atomic mass is 35.5. The van der Waals surface area contributed by atoms with Crippen molar-refractivity contribution in [3.63, 3.8) is 0 Å². The van der Waals surface area contributed by atoms with Crippen molar-refractivity contribution < 1.29 is 35.5 Å². The fourth-order valence-corrected chi connectivity index (χ4v) is 8.55. The summed E-state index contributed by atoms with van der Waals surface area (Å²) >= 11 is 12.3. The number of nitrogens with zero attached hydrogens (tertiary/aromatic N) is 6. The molecule has 0 saturated carbocycles. The minimum Gasteiger partial charge on any atom is -0.345 e. The summed E-state index contributed by atoms with van der Waals surface area (Å²) in [6.45, 7) is 9.04. The lowest BCUT2D eigenvalue weighted by Gasteiger charge is -2.40. The molecule has 340 valence electrons. The standard InChI is InChI=1S/C40H46Cl2N12O8S2/c1-5-51(6-2)53-37(47-35(49-39(53)55)43-29-13-9-11-27(41)21-29)45-31-19-17-25(33(23-31)63(57,58)59)15-16-26-18-20-32(24-34(26)64(60,61)62)46-38-48-36(44-30-14-10-12-28(42)22-30)50-40(56)54(38)52(7-3)8-4/h9-24,37-38,45-46H,5-8H2,1-4H3,(H,57,58,59)(H,60,61,62)(H2,43,47,49,55)(H2,44,48,50,56). The summed E-state index contributed by atoms with van der Waals surface area (Å²) in [6, 6.07) is 20.4. The van der Waals surface area contributed by atoms with Gasteiger partial charge in [0, 0.05) is 59.0 Å². The summed E-state index contributed by atoms with van der Waals surface area (Å²) in [4.78, 5) is 35.0. The molecule has 20 nitrogen and oxygen atoms in total. The van der Waals surface area contributed by atoms with Gasteiger partial charge in [0.25, 0.3) is 20.2 Å². The van der Waals surface area contributed by atoms with Gasteiger partial charge in [-0.3, -0.25) is 19.7 Å². The molecule has 0 saturated heterocycles. The first-order valence-electron chi connectivity index (χ1n) is 19.8. The largest absolute Gasteiger partial charge is 0.345 e. The average molecular weight is 958 g/mol. The Bertz CT molecular complexity index is 2530. The molecule has 2 atom stereocenters. The van der Waals surface area contributed by atoms with Gasteiger partial charge in [0.2, 0.25) is 24.5 Å². The number of halogens is 2. The molecule has 4 aromatic rings. The first-order valence-corrected chi connectivity index (χ1v) is 23.4. The Balaban J connectivity index is 1.31. The number of aliphatic imine (C=N–C) groups is 2. The van der Waals surface area contributed by atoms with E-state index >= 15 is 0 Å². The van der Waals surface area contributed by atoms with E-state index in [1.807, 2.05) is 27.7 Å². The van der Waals surface area contributed by atoms with Gasteiger partial charge in [-0.25, -0.2) is 39.6 Å². The zero-order chi connectivity index (χ0) is 46.3. The van der Waals surface area contributed by atoms with E-state index in [2.05, 4.69) is 41.9 Å². The number of hydrazine groups is 2. The van der Waals surface area contributed by atoms with Crippen LogP contribution in [0, 0.1) is 0 Å². The van der Waals surface area contributed by atoms with Crippen LogP contribution in [0.5, 0.6) is 0 Å². The van der Waals surface area contributed by atoms with Crippen molar-refractivity contribution in [2.45, 2.75) is 50.1 Å². The SMILES string of the molecule is CCN(CC)N1C(=O)NC(Nc2cccc(Cl)c2)=NC1Nc1ccc(C=Cc2ccc(NC3N=C(Nc4cccc(Cl)c4)NC(=O)N3N(CC)CC)cc2S(=O)(=O)O)c(S(=O)(=O)O)c1. The molecule has 64 heavy (non-hydrogen) atoms. The van der Waals surface area contributed by atoms with E-state index in [4.69, 9.17) is 23.2 Å². The van der Waals surface area contributed by atoms with Crippen LogP contribution in [0.2, 0.25) is 10.0 Å². The number of nitrogens with one attached hydrogen (secondary N) is 6. The smallest absolute Gasteiger partial charge is 0.342 e. The van der Waals surface area contributed by atoms with Gasteiger partial charge < -0.3 is 21.3 Å². The summed E-state index contributed by atoms with van der Waals surface area (Å²) < 4.78 is 72.0. The fraction of sp³-hybridized carbons (Fsp3) is 0.250. The van der Waals surface area contributed by atoms with E-state index in [1.165, 1.54) is 46.4 Å². The lowest BCUT2D eigenvalue weighted by atomic mass is 10.1. The van der Waals surface area contributed by atoms with Gasteiger partial charge in [-0.2, -0.15) is 16.8 Å². The number of rotatable bonds is 16. The zero-order valence-electron chi connectivity index (χ0n) is 34.8. The number of carbonyl (C=O) groups is 2. The molecule has 2 unspecified atom stereocenters. The Morgan fingerprint density at radius 3 is 1.31 bits per heavy atom. The molecule has 6 rings (SSSR count). The van der Waals surface area contributed by atoms with Crippen LogP contribution in [0.3, 0.4) is 0 Å². The molecule has 24 heteroatoms. The third-order valence-corrected chi connectivity index (χ3v) is 12.0. The van der Waals surface area contributed by atoms with Crippen LogP contribution in [0.25, 0.3) is 12.2 Å². The minimum absolute atomic E-state index is 0.0532. The third-order valence-electron chi connectivity index (χ3n) is 9.69. The second-order valence-electron chi connectivity index (χ2n) is 13.9. The number of amides is 4. The number of anilines is 4. The first kappa shape index (κ1) is 47.5. The maximum absolute atomic E-state index is 13.4. The topological polar surface area (TPSA) is 253 Å². The molecule has 0 bridgehead atoms. The van der Waals surface area contributed by atoms with Crippen LogP contribution in [0.1, 0.15) is 38.8 Å². The molecule has 0 fully saturated rings. The van der Waals surface area contributed by atoms with E-state index in [1.54, 1.807) is 58.5 Å². The summed E-state index contributed by atoms with van der Waals surface area (Å²) in [5, 5.41) is 24.5. The van der Waals surface area contributed by atoms with Crippen molar-refractivity contribution in [2.24, 2.45) is 9.98 Å². The Morgan fingerprint density at radius 1 is 0.609 bits per heavy atom. The maximum atomic E-state index is 13.4. The lowest BCUT2D eigenvalue weighted by Crippen LogP contribution is -2.62. The number of urea groups is 2. The third kappa shape index (κ3) is 11.6. The maximum Gasteiger partial charge on any atom is 0.342 e. The van der Waals surface area contributed by atoms with Gasteiger partial charge in [-0.05, 0) is 71.8 Å². The van der Waals surface area contributed by atoms with Gasteiger partial charge >= 0.3 is 12.1 Å². The van der Waals surface area contributed by atoms with Crippen LogP contribution in [0.15, 0.2) is 105 Å². The van der Waals surface area contributed by atoms with E-state index in [0.29, 0.717) is 47.6 Å². The van der Waals surface area contributed by atoms with Crippen LogP contribution >= 0.6 is 23.2 Å². The summed E-state index contributed by atoms with van der Waals surface area (Å²) in [6.07, 6.45) is 0.289. The van der Waals surface area contributed by atoms with Crippen LogP contribution < -0.4 is 31.9 Å². The number of guanidine groups is 2. The Labute approximate surface area is 380 Å². The predicted molar refractivity (Wildman–Crippen MR) is 248 cm³/mol. The number of carbonyl (C=O) groups excluding carboxylic acids is 2. The zero-order valence-corrected chi connectivity index (χ0v) is 38.0. The van der Waals surface area contributed by atoms with E-state index < -0.39 is 54.7 Å². The quantitative estimate of drug-likeness (QED) is 0.0438. The van der Waals surface area contributed by atoms with Crippen molar-refractivity contribution in [1.82, 2.24) is 30.7 Å². The number of hydrogen-bond acceptors (Lipinski definition) is 14. The molecular weight excluding hydrogens is 912 g/mol.